The van der Waals surface area contributed by atoms with E-state index in [0.717, 1.165) is 76.9 Å². The third-order valence-electron chi connectivity index (χ3n) is 7.37. The lowest BCUT2D eigenvalue weighted by atomic mass is 9.95. The van der Waals surface area contributed by atoms with Crippen LogP contribution in [0.3, 0.4) is 0 Å². The molecule has 4 heterocycles. The minimum atomic E-state index is -0.0690. The number of pyridine rings is 1. The van der Waals surface area contributed by atoms with Gasteiger partial charge in [-0.1, -0.05) is 24.3 Å². The quantitative estimate of drug-likeness (QED) is 0.314. The van der Waals surface area contributed by atoms with Crippen LogP contribution in [0.2, 0.25) is 0 Å². The summed E-state index contributed by atoms with van der Waals surface area (Å²) in [5.41, 5.74) is 6.43. The van der Waals surface area contributed by atoms with Crippen molar-refractivity contribution in [3.63, 3.8) is 0 Å². The number of hydrogen-bond donors (Lipinski definition) is 1. The maximum absolute atomic E-state index is 13.3. The molecule has 0 saturated carbocycles. The number of carbonyl (C=O) groups is 1. The molecular weight excluding hydrogens is 488 g/mol. The Morgan fingerprint density at radius 2 is 1.77 bits per heavy atom. The molecule has 6 rings (SSSR count). The van der Waals surface area contributed by atoms with E-state index in [0.29, 0.717) is 0 Å². The highest BCUT2D eigenvalue weighted by Crippen LogP contribution is 2.30. The Morgan fingerprint density at radius 3 is 2.54 bits per heavy atom. The number of piperidine rings is 1. The average molecular weight is 519 g/mol. The van der Waals surface area contributed by atoms with Gasteiger partial charge in [-0.25, -0.2) is 15.0 Å². The number of methoxy groups -OCH3 is 1. The summed E-state index contributed by atoms with van der Waals surface area (Å²) in [5.74, 6) is 1.66. The van der Waals surface area contributed by atoms with Crippen molar-refractivity contribution in [1.29, 1.82) is 0 Å². The van der Waals surface area contributed by atoms with E-state index in [1.807, 2.05) is 90.4 Å². The summed E-state index contributed by atoms with van der Waals surface area (Å²) in [5, 5.41) is 3.19. The van der Waals surface area contributed by atoms with Crippen LogP contribution < -0.4 is 15.0 Å². The monoisotopic (exact) mass is 518 g/mol. The van der Waals surface area contributed by atoms with Crippen molar-refractivity contribution >= 4 is 23.1 Å². The molecule has 0 spiro atoms. The molecule has 39 heavy (non-hydrogen) atoms. The molecule has 0 radical (unpaired) electrons. The summed E-state index contributed by atoms with van der Waals surface area (Å²) >= 11 is 0. The standard InChI is InChI=1S/C31H30N6O2/c1-21-6-5-15-37-19-28(34-30(21)37)25-7-3-4-8-26(25)35-31(38)23-13-16-36(17-14-23)29-18-27(32-20-33-29)22-9-11-24(39-2)12-10-22/h3-12,15,18-20,23H,13-14,16-17H2,1-2H3,(H,35,38). The Labute approximate surface area is 227 Å². The van der Waals surface area contributed by atoms with Gasteiger partial charge in [-0.3, -0.25) is 4.79 Å². The van der Waals surface area contributed by atoms with Crippen molar-refractivity contribution in [2.24, 2.45) is 5.92 Å². The Morgan fingerprint density at radius 1 is 0.974 bits per heavy atom. The number of aryl methyl sites for hydroxylation is 1. The Kier molecular flexibility index (Phi) is 6.67. The highest BCUT2D eigenvalue weighted by Gasteiger charge is 2.26. The number of para-hydroxylation sites is 1. The average Bonchev–Trinajstić information content (AvgIpc) is 3.43. The highest BCUT2D eigenvalue weighted by molar-refractivity contribution is 5.96. The fourth-order valence-corrected chi connectivity index (χ4v) is 5.14. The number of hydrogen-bond acceptors (Lipinski definition) is 6. The smallest absolute Gasteiger partial charge is 0.227 e. The van der Waals surface area contributed by atoms with Crippen LogP contribution in [0.25, 0.3) is 28.2 Å². The van der Waals surface area contributed by atoms with Crippen LogP contribution in [0.15, 0.2) is 85.5 Å². The van der Waals surface area contributed by atoms with E-state index < -0.39 is 0 Å². The zero-order chi connectivity index (χ0) is 26.8. The number of carbonyl (C=O) groups excluding carboxylic acids is 1. The number of imidazole rings is 1. The lowest BCUT2D eigenvalue weighted by Crippen LogP contribution is -2.38. The third-order valence-corrected chi connectivity index (χ3v) is 7.37. The van der Waals surface area contributed by atoms with E-state index in [4.69, 9.17) is 9.72 Å². The van der Waals surface area contributed by atoms with E-state index in [2.05, 4.69) is 20.2 Å². The van der Waals surface area contributed by atoms with E-state index in [-0.39, 0.29) is 11.8 Å². The molecule has 1 aliphatic heterocycles. The summed E-state index contributed by atoms with van der Waals surface area (Å²) < 4.78 is 7.28. The Bertz CT molecular complexity index is 1620. The first-order valence-electron chi connectivity index (χ1n) is 13.1. The number of nitrogens with one attached hydrogen (secondary N) is 1. The van der Waals surface area contributed by atoms with Gasteiger partial charge in [0.15, 0.2) is 0 Å². The Balaban J connectivity index is 1.13. The normalized spacial score (nSPS) is 13.9. The molecule has 1 saturated heterocycles. The number of rotatable bonds is 6. The predicted molar refractivity (Wildman–Crippen MR) is 153 cm³/mol. The third kappa shape index (κ3) is 5.05. The van der Waals surface area contributed by atoms with Gasteiger partial charge in [0.25, 0.3) is 0 Å². The fraction of sp³-hybridized carbons (Fsp3) is 0.226. The molecule has 3 aromatic heterocycles. The van der Waals surface area contributed by atoms with Crippen molar-refractivity contribution < 1.29 is 9.53 Å². The highest BCUT2D eigenvalue weighted by atomic mass is 16.5. The van der Waals surface area contributed by atoms with Crippen molar-refractivity contribution in [3.05, 3.63) is 91.0 Å². The molecule has 2 aromatic carbocycles. The van der Waals surface area contributed by atoms with Gasteiger partial charge in [0, 0.05) is 48.6 Å². The molecule has 0 unspecified atom stereocenters. The molecule has 8 nitrogen and oxygen atoms in total. The van der Waals surface area contributed by atoms with Crippen molar-refractivity contribution in [3.8, 4) is 28.3 Å². The number of ether oxygens (including phenoxy) is 1. The van der Waals surface area contributed by atoms with Gasteiger partial charge in [-0.2, -0.15) is 0 Å². The van der Waals surface area contributed by atoms with Gasteiger partial charge in [0.05, 0.1) is 24.2 Å². The van der Waals surface area contributed by atoms with Gasteiger partial charge in [-0.15, -0.1) is 0 Å². The number of anilines is 2. The summed E-state index contributed by atoms with van der Waals surface area (Å²) in [6, 6.07) is 21.8. The molecule has 5 aromatic rings. The van der Waals surface area contributed by atoms with Gasteiger partial charge < -0.3 is 19.4 Å². The molecule has 1 amide bonds. The first kappa shape index (κ1) is 24.6. The van der Waals surface area contributed by atoms with Crippen LogP contribution in [-0.2, 0) is 4.79 Å². The van der Waals surface area contributed by atoms with E-state index >= 15 is 0 Å². The van der Waals surface area contributed by atoms with E-state index in [1.165, 1.54) is 0 Å². The number of fused-ring (bicyclic) bond motifs is 1. The predicted octanol–water partition coefficient (Wildman–Crippen LogP) is 5.63. The number of aromatic nitrogens is 4. The second-order valence-electron chi connectivity index (χ2n) is 9.83. The SMILES string of the molecule is COc1ccc(-c2cc(N3CCC(C(=O)Nc4ccccc4-c4cn5cccc(C)c5n4)CC3)ncn2)cc1. The molecule has 0 atom stereocenters. The molecule has 0 bridgehead atoms. The van der Waals surface area contributed by atoms with Crippen LogP contribution in [0.5, 0.6) is 5.75 Å². The minimum Gasteiger partial charge on any atom is -0.497 e. The molecule has 1 aliphatic rings. The summed E-state index contributed by atoms with van der Waals surface area (Å²) in [6.07, 6.45) is 7.11. The largest absolute Gasteiger partial charge is 0.497 e. The molecule has 1 N–H and O–H groups in total. The second-order valence-corrected chi connectivity index (χ2v) is 9.83. The number of benzene rings is 2. The van der Waals surface area contributed by atoms with Crippen LogP contribution >= 0.6 is 0 Å². The van der Waals surface area contributed by atoms with Crippen molar-refractivity contribution in [2.75, 3.05) is 30.4 Å². The first-order valence-corrected chi connectivity index (χ1v) is 13.1. The van der Waals surface area contributed by atoms with Crippen molar-refractivity contribution in [1.82, 2.24) is 19.4 Å². The maximum atomic E-state index is 13.3. The summed E-state index contributed by atoms with van der Waals surface area (Å²) in [7, 11) is 1.66. The molecule has 8 heteroatoms. The van der Waals surface area contributed by atoms with Gasteiger partial charge in [0.2, 0.25) is 5.91 Å². The zero-order valence-corrected chi connectivity index (χ0v) is 22.0. The molecular formula is C31H30N6O2. The van der Waals surface area contributed by atoms with Gasteiger partial charge in [-0.05, 0) is 61.7 Å². The van der Waals surface area contributed by atoms with E-state index in [1.54, 1.807) is 13.4 Å². The first-order chi connectivity index (χ1) is 19.1. The number of nitrogens with zero attached hydrogens (tertiary/aromatic N) is 5. The molecule has 0 aliphatic carbocycles. The van der Waals surface area contributed by atoms with E-state index in [9.17, 15) is 4.79 Å². The molecule has 1 fully saturated rings. The van der Waals surface area contributed by atoms with Crippen LogP contribution in [0, 0.1) is 12.8 Å². The van der Waals surface area contributed by atoms with Gasteiger partial charge in [0.1, 0.15) is 23.5 Å². The van der Waals surface area contributed by atoms with Crippen LogP contribution in [0.4, 0.5) is 11.5 Å². The lowest BCUT2D eigenvalue weighted by molar-refractivity contribution is -0.120. The topological polar surface area (TPSA) is 84.7 Å². The summed E-state index contributed by atoms with van der Waals surface area (Å²) in [6.45, 7) is 3.56. The lowest BCUT2D eigenvalue weighted by Gasteiger charge is -2.32. The number of amides is 1. The van der Waals surface area contributed by atoms with Crippen LogP contribution in [0.1, 0.15) is 18.4 Å². The Hall–Kier alpha value is -4.72. The van der Waals surface area contributed by atoms with Crippen molar-refractivity contribution in [2.45, 2.75) is 19.8 Å². The fourth-order valence-electron chi connectivity index (χ4n) is 5.14. The minimum absolute atomic E-state index is 0.0451. The second kappa shape index (κ2) is 10.6. The van der Waals surface area contributed by atoms with Gasteiger partial charge >= 0.3 is 0 Å². The maximum Gasteiger partial charge on any atom is 0.227 e. The summed E-state index contributed by atoms with van der Waals surface area (Å²) in [4.78, 5) is 29.3. The molecule has 196 valence electrons. The zero-order valence-electron chi connectivity index (χ0n) is 22.0. The van der Waals surface area contributed by atoms with Crippen LogP contribution in [-0.4, -0.2) is 45.5 Å².